The van der Waals surface area contributed by atoms with Crippen LogP contribution in [0.25, 0.3) is 0 Å². The molecule has 0 aliphatic heterocycles. The minimum absolute atomic E-state index is 0. The van der Waals surface area contributed by atoms with E-state index in [1.807, 2.05) is 0 Å². The van der Waals surface area contributed by atoms with Crippen LogP contribution in [0, 0.1) is 5.92 Å². The lowest BCUT2D eigenvalue weighted by Gasteiger charge is -2.22. The third-order valence-corrected chi connectivity index (χ3v) is 5.55. The van der Waals surface area contributed by atoms with Crippen LogP contribution in [0.3, 0.4) is 0 Å². The highest BCUT2D eigenvalue weighted by Crippen LogP contribution is 2.25. The number of hydrogen-bond donors (Lipinski definition) is 3. The van der Waals surface area contributed by atoms with Crippen molar-refractivity contribution in [1.29, 1.82) is 0 Å². The van der Waals surface area contributed by atoms with Gasteiger partial charge in [-0.3, -0.25) is 9.79 Å². The average molecular weight is 510 g/mol. The monoisotopic (exact) mass is 509 g/mol. The molecule has 1 rings (SSSR count). The molecular weight excluding hydrogens is 465 g/mol. The van der Waals surface area contributed by atoms with E-state index in [1.165, 1.54) is 38.5 Å². The van der Waals surface area contributed by atoms with Crippen molar-refractivity contribution in [3.63, 3.8) is 0 Å². The minimum atomic E-state index is 0. The summed E-state index contributed by atoms with van der Waals surface area (Å²) in [6.45, 7) is 11.3. The van der Waals surface area contributed by atoms with Crippen LogP contribution in [0.5, 0.6) is 0 Å². The van der Waals surface area contributed by atoms with Crippen LogP contribution in [-0.2, 0) is 4.79 Å². The van der Waals surface area contributed by atoms with Crippen molar-refractivity contribution in [3.8, 4) is 0 Å². The van der Waals surface area contributed by atoms with Crippen molar-refractivity contribution < 1.29 is 4.79 Å². The molecule has 6 nitrogen and oxygen atoms in total. The van der Waals surface area contributed by atoms with Gasteiger partial charge in [-0.15, -0.1) is 24.0 Å². The molecule has 0 aromatic rings. The first-order valence-electron chi connectivity index (χ1n) is 11.0. The van der Waals surface area contributed by atoms with Gasteiger partial charge in [-0.1, -0.05) is 33.1 Å². The lowest BCUT2D eigenvalue weighted by Crippen LogP contribution is -2.45. The van der Waals surface area contributed by atoms with Gasteiger partial charge >= 0.3 is 0 Å². The van der Waals surface area contributed by atoms with Crippen LogP contribution in [-0.4, -0.2) is 62.6 Å². The van der Waals surface area contributed by atoms with Crippen LogP contribution in [0.15, 0.2) is 4.99 Å². The molecule has 1 saturated carbocycles. The number of hydrogen-bond acceptors (Lipinski definition) is 3. The number of amides is 1. The van der Waals surface area contributed by atoms with E-state index in [0.717, 1.165) is 32.0 Å². The molecule has 0 saturated heterocycles. The molecule has 7 heteroatoms. The first-order chi connectivity index (χ1) is 13.1. The van der Waals surface area contributed by atoms with Gasteiger partial charge in [-0.05, 0) is 58.2 Å². The summed E-state index contributed by atoms with van der Waals surface area (Å²) in [5, 5.41) is 9.77. The van der Waals surface area contributed by atoms with Gasteiger partial charge in [0.1, 0.15) is 0 Å². The van der Waals surface area contributed by atoms with E-state index in [2.05, 4.69) is 46.6 Å². The maximum atomic E-state index is 12.0. The molecule has 0 aromatic carbocycles. The summed E-state index contributed by atoms with van der Waals surface area (Å²) in [5.41, 5.74) is 0. The van der Waals surface area contributed by atoms with Crippen molar-refractivity contribution in [2.45, 2.75) is 78.2 Å². The highest BCUT2D eigenvalue weighted by Gasteiger charge is 2.16. The van der Waals surface area contributed by atoms with Crippen LogP contribution >= 0.6 is 24.0 Å². The molecule has 0 bridgehead atoms. The van der Waals surface area contributed by atoms with Crippen molar-refractivity contribution in [1.82, 2.24) is 20.9 Å². The number of nitrogens with zero attached hydrogens (tertiary/aromatic N) is 2. The number of guanidine groups is 1. The maximum Gasteiger partial charge on any atom is 0.220 e. The van der Waals surface area contributed by atoms with Gasteiger partial charge in [0.25, 0.3) is 0 Å². The van der Waals surface area contributed by atoms with Gasteiger partial charge in [0.05, 0.1) is 0 Å². The van der Waals surface area contributed by atoms with Gasteiger partial charge in [0.2, 0.25) is 5.91 Å². The van der Waals surface area contributed by atoms with Gasteiger partial charge in [-0.25, -0.2) is 0 Å². The summed E-state index contributed by atoms with van der Waals surface area (Å²) in [4.78, 5) is 18.8. The van der Waals surface area contributed by atoms with E-state index < -0.39 is 0 Å². The molecule has 1 fully saturated rings. The van der Waals surface area contributed by atoms with Gasteiger partial charge < -0.3 is 20.9 Å². The molecule has 0 heterocycles. The standard InChI is InChI=1S/C21H43N5O.HI/c1-5-26(6-2)16-10-11-18(3)25-21(22-4)24-15-14-23-20(27)17-19-12-8-7-9-13-19;/h18-19H,5-17H2,1-4H3,(H,23,27)(H2,22,24,25);1H. The predicted molar refractivity (Wildman–Crippen MR) is 131 cm³/mol. The second-order valence-corrected chi connectivity index (χ2v) is 7.77. The molecule has 1 atom stereocenters. The SMILES string of the molecule is CCN(CC)CCCC(C)NC(=NC)NCCNC(=O)CC1CCCCC1.I. The molecule has 0 spiro atoms. The second kappa shape index (κ2) is 17.3. The minimum Gasteiger partial charge on any atom is -0.355 e. The molecule has 1 unspecified atom stereocenters. The number of nitrogens with one attached hydrogen (secondary N) is 3. The predicted octanol–water partition coefficient (Wildman–Crippen LogP) is 3.37. The fourth-order valence-electron chi connectivity index (χ4n) is 3.77. The Bertz CT molecular complexity index is 423. The van der Waals surface area contributed by atoms with E-state index in [-0.39, 0.29) is 29.9 Å². The summed E-state index contributed by atoms with van der Waals surface area (Å²) >= 11 is 0. The van der Waals surface area contributed by atoms with Gasteiger partial charge in [0.15, 0.2) is 5.96 Å². The summed E-state index contributed by atoms with van der Waals surface area (Å²) in [6.07, 6.45) is 9.34. The third kappa shape index (κ3) is 12.8. The van der Waals surface area contributed by atoms with E-state index in [4.69, 9.17) is 0 Å². The number of halogens is 1. The molecule has 1 aliphatic rings. The number of carbonyl (C=O) groups is 1. The van der Waals surface area contributed by atoms with Crippen LogP contribution < -0.4 is 16.0 Å². The Balaban J connectivity index is 0.00000729. The van der Waals surface area contributed by atoms with Crippen molar-refractivity contribution in [2.75, 3.05) is 39.8 Å². The Labute approximate surface area is 190 Å². The van der Waals surface area contributed by atoms with E-state index >= 15 is 0 Å². The Kier molecular flexibility index (Phi) is 16.9. The van der Waals surface area contributed by atoms with E-state index in [9.17, 15) is 4.79 Å². The molecule has 0 radical (unpaired) electrons. The van der Waals surface area contributed by atoms with Gasteiger partial charge in [0, 0.05) is 32.6 Å². The zero-order valence-electron chi connectivity index (χ0n) is 18.6. The molecule has 3 N–H and O–H groups in total. The fourth-order valence-corrected chi connectivity index (χ4v) is 3.77. The Morgan fingerprint density at radius 1 is 1.11 bits per heavy atom. The largest absolute Gasteiger partial charge is 0.355 e. The summed E-state index contributed by atoms with van der Waals surface area (Å²) in [5.74, 6) is 1.60. The lowest BCUT2D eigenvalue weighted by molar-refractivity contribution is -0.122. The first kappa shape index (κ1) is 27.4. The highest BCUT2D eigenvalue weighted by molar-refractivity contribution is 14.0. The lowest BCUT2D eigenvalue weighted by atomic mass is 9.87. The average Bonchev–Trinajstić information content (AvgIpc) is 2.68. The smallest absolute Gasteiger partial charge is 0.220 e. The topological polar surface area (TPSA) is 68.8 Å². The van der Waals surface area contributed by atoms with Crippen molar-refractivity contribution in [2.24, 2.45) is 10.9 Å². The quantitative estimate of drug-likeness (QED) is 0.163. The second-order valence-electron chi connectivity index (χ2n) is 7.77. The molecule has 1 amide bonds. The Morgan fingerprint density at radius 2 is 1.75 bits per heavy atom. The number of rotatable bonds is 12. The van der Waals surface area contributed by atoms with Crippen LogP contribution in [0.1, 0.15) is 72.1 Å². The summed E-state index contributed by atoms with van der Waals surface area (Å²) < 4.78 is 0. The molecule has 0 aromatic heterocycles. The number of aliphatic imine (C=N–C) groups is 1. The molecule has 166 valence electrons. The van der Waals surface area contributed by atoms with E-state index in [0.29, 0.717) is 31.5 Å². The first-order valence-corrected chi connectivity index (χ1v) is 11.0. The van der Waals surface area contributed by atoms with Crippen molar-refractivity contribution >= 4 is 35.8 Å². The fraction of sp³-hybridized carbons (Fsp3) is 0.905. The Morgan fingerprint density at radius 3 is 2.36 bits per heavy atom. The van der Waals surface area contributed by atoms with Crippen LogP contribution in [0.4, 0.5) is 0 Å². The normalized spacial score (nSPS) is 16.4. The summed E-state index contributed by atoms with van der Waals surface area (Å²) in [6, 6.07) is 0.382. The third-order valence-electron chi connectivity index (χ3n) is 5.55. The number of carbonyl (C=O) groups excluding carboxylic acids is 1. The molecular formula is C21H44IN5O. The van der Waals surface area contributed by atoms with Crippen molar-refractivity contribution in [3.05, 3.63) is 0 Å². The Hall–Kier alpha value is -0.570. The maximum absolute atomic E-state index is 12.0. The molecule has 28 heavy (non-hydrogen) atoms. The highest BCUT2D eigenvalue weighted by atomic mass is 127. The van der Waals surface area contributed by atoms with Crippen LogP contribution in [0.2, 0.25) is 0 Å². The van der Waals surface area contributed by atoms with Gasteiger partial charge in [-0.2, -0.15) is 0 Å². The zero-order chi connectivity index (χ0) is 19.9. The van der Waals surface area contributed by atoms with E-state index in [1.54, 1.807) is 7.05 Å². The molecule has 1 aliphatic carbocycles. The zero-order valence-corrected chi connectivity index (χ0v) is 20.9. The summed E-state index contributed by atoms with van der Waals surface area (Å²) in [7, 11) is 1.79.